The lowest BCUT2D eigenvalue weighted by Crippen LogP contribution is -2.46. The van der Waals surface area contributed by atoms with Gasteiger partial charge in [0.2, 0.25) is 10.0 Å². The minimum absolute atomic E-state index is 0.0220. The summed E-state index contributed by atoms with van der Waals surface area (Å²) in [5, 5.41) is 3.30. The molecule has 0 bridgehead atoms. The molecule has 0 aromatic heterocycles. The zero-order valence-electron chi connectivity index (χ0n) is 18.3. The monoisotopic (exact) mass is 482 g/mol. The number of hydrogen-bond donors (Lipinski definition) is 2. The number of sulfonamides is 1. The quantitative estimate of drug-likeness (QED) is 0.503. The topological polar surface area (TPSA) is 111 Å². The third-order valence-electron chi connectivity index (χ3n) is 4.67. The highest BCUT2D eigenvalue weighted by molar-refractivity contribution is 7.89. The lowest BCUT2D eigenvalue weighted by molar-refractivity contribution is -0.151. The third kappa shape index (κ3) is 7.22. The molecule has 2 unspecified atom stereocenters. The molecule has 2 rings (SSSR count). The first-order chi connectivity index (χ1) is 15.0. The normalized spacial score (nSPS) is 13.3. The average Bonchev–Trinajstić information content (AvgIpc) is 2.76. The largest absolute Gasteiger partial charge is 0.497 e. The van der Waals surface area contributed by atoms with Crippen LogP contribution in [0.3, 0.4) is 0 Å². The summed E-state index contributed by atoms with van der Waals surface area (Å²) in [5.74, 6) is -1.26. The van der Waals surface area contributed by atoms with Gasteiger partial charge in [-0.2, -0.15) is 4.72 Å². The molecular formula is C22H27ClN2O6S. The van der Waals surface area contributed by atoms with Crippen LogP contribution in [0.25, 0.3) is 0 Å². The number of carbonyl (C=O) groups is 2. The van der Waals surface area contributed by atoms with E-state index in [9.17, 15) is 18.0 Å². The Morgan fingerprint density at radius 2 is 1.59 bits per heavy atom. The molecule has 0 spiro atoms. The molecule has 2 atom stereocenters. The third-order valence-corrected chi connectivity index (χ3v) is 6.37. The van der Waals surface area contributed by atoms with Crippen LogP contribution in [0.2, 0.25) is 5.02 Å². The first kappa shape index (κ1) is 25.6. The fourth-order valence-corrected chi connectivity index (χ4v) is 4.25. The van der Waals surface area contributed by atoms with Gasteiger partial charge in [0, 0.05) is 5.02 Å². The van der Waals surface area contributed by atoms with Crippen LogP contribution in [0, 0.1) is 5.92 Å². The Morgan fingerprint density at radius 3 is 2.12 bits per heavy atom. The second-order valence-electron chi connectivity index (χ2n) is 7.47. The Morgan fingerprint density at radius 1 is 1.00 bits per heavy atom. The number of rotatable bonds is 10. The number of benzene rings is 2. The smallest absolute Gasteiger partial charge is 0.324 e. The standard InChI is InChI=1S/C22H27ClN2O6S/c1-14(2)21(25-32(28,29)19-11-9-18(30-4)10-12-19)22(27)31-13-20(26)24-15(3)16-5-7-17(23)8-6-16/h5-12,14-15,21,25H,13H2,1-4H3,(H,24,26). The van der Waals surface area contributed by atoms with E-state index in [-0.39, 0.29) is 10.9 Å². The van der Waals surface area contributed by atoms with Crippen molar-refractivity contribution in [1.82, 2.24) is 10.0 Å². The van der Waals surface area contributed by atoms with E-state index < -0.39 is 40.5 Å². The molecule has 1 amide bonds. The summed E-state index contributed by atoms with van der Waals surface area (Å²) in [6.45, 7) is 4.59. The van der Waals surface area contributed by atoms with Crippen LogP contribution in [-0.2, 0) is 24.3 Å². The van der Waals surface area contributed by atoms with E-state index in [2.05, 4.69) is 10.0 Å². The average molecular weight is 483 g/mol. The molecule has 0 heterocycles. The van der Waals surface area contributed by atoms with Crippen LogP contribution in [0.15, 0.2) is 53.4 Å². The summed E-state index contributed by atoms with van der Waals surface area (Å²) in [6.07, 6.45) is 0. The van der Waals surface area contributed by atoms with Crippen molar-refractivity contribution in [2.75, 3.05) is 13.7 Å². The number of carbonyl (C=O) groups excluding carboxylic acids is 2. The molecule has 0 aliphatic rings. The Bertz CT molecular complexity index is 1020. The van der Waals surface area contributed by atoms with E-state index in [0.29, 0.717) is 10.8 Å². The highest BCUT2D eigenvalue weighted by atomic mass is 35.5. The molecule has 0 radical (unpaired) electrons. The van der Waals surface area contributed by atoms with Crippen LogP contribution in [0.5, 0.6) is 5.75 Å². The maximum absolute atomic E-state index is 12.7. The number of hydrogen-bond acceptors (Lipinski definition) is 6. The fraction of sp³-hybridized carbons (Fsp3) is 0.364. The zero-order chi connectivity index (χ0) is 23.9. The van der Waals surface area contributed by atoms with Crippen molar-refractivity contribution >= 4 is 33.5 Å². The number of esters is 1. The molecule has 0 aliphatic heterocycles. The van der Waals surface area contributed by atoms with Crippen molar-refractivity contribution in [3.8, 4) is 5.75 Å². The van der Waals surface area contributed by atoms with Crippen LogP contribution < -0.4 is 14.8 Å². The van der Waals surface area contributed by atoms with Crippen molar-refractivity contribution in [3.05, 3.63) is 59.1 Å². The molecule has 0 saturated carbocycles. The molecule has 2 aromatic rings. The van der Waals surface area contributed by atoms with Gasteiger partial charge in [0.05, 0.1) is 18.0 Å². The highest BCUT2D eigenvalue weighted by Crippen LogP contribution is 2.18. The van der Waals surface area contributed by atoms with Gasteiger partial charge in [0.15, 0.2) is 6.61 Å². The number of nitrogens with one attached hydrogen (secondary N) is 2. The van der Waals surface area contributed by atoms with Crippen molar-refractivity contribution in [3.63, 3.8) is 0 Å². The Kier molecular flexibility index (Phi) is 9.06. The van der Waals surface area contributed by atoms with Crippen LogP contribution >= 0.6 is 11.6 Å². The second-order valence-corrected chi connectivity index (χ2v) is 9.62. The number of amides is 1. The molecule has 2 aromatic carbocycles. The molecule has 0 saturated heterocycles. The minimum Gasteiger partial charge on any atom is -0.497 e. The summed E-state index contributed by atoms with van der Waals surface area (Å²) in [4.78, 5) is 24.7. The van der Waals surface area contributed by atoms with Gasteiger partial charge >= 0.3 is 5.97 Å². The Balaban J connectivity index is 1.97. The van der Waals surface area contributed by atoms with Crippen LogP contribution in [0.1, 0.15) is 32.4 Å². The second kappa shape index (κ2) is 11.3. The van der Waals surface area contributed by atoms with Gasteiger partial charge in [-0.25, -0.2) is 8.42 Å². The molecular weight excluding hydrogens is 456 g/mol. The van der Waals surface area contributed by atoms with Gasteiger partial charge in [-0.3, -0.25) is 9.59 Å². The number of ether oxygens (including phenoxy) is 2. The van der Waals surface area contributed by atoms with E-state index in [1.54, 1.807) is 45.0 Å². The fourth-order valence-electron chi connectivity index (χ4n) is 2.79. The minimum atomic E-state index is -3.99. The van der Waals surface area contributed by atoms with Crippen LogP contribution in [-0.4, -0.2) is 40.1 Å². The highest BCUT2D eigenvalue weighted by Gasteiger charge is 2.30. The van der Waals surface area contributed by atoms with Crippen molar-refractivity contribution in [2.24, 2.45) is 5.92 Å². The maximum Gasteiger partial charge on any atom is 0.324 e. The van der Waals surface area contributed by atoms with Gasteiger partial charge in [0.1, 0.15) is 11.8 Å². The molecule has 2 N–H and O–H groups in total. The summed E-state index contributed by atoms with van der Waals surface area (Å²) < 4.78 is 37.8. The SMILES string of the molecule is COc1ccc(S(=O)(=O)NC(C(=O)OCC(=O)NC(C)c2ccc(Cl)cc2)C(C)C)cc1. The molecule has 8 nitrogen and oxygen atoms in total. The predicted molar refractivity (Wildman–Crippen MR) is 121 cm³/mol. The molecule has 0 aliphatic carbocycles. The van der Waals surface area contributed by atoms with Gasteiger partial charge in [-0.15, -0.1) is 0 Å². The van der Waals surface area contributed by atoms with Gasteiger partial charge in [-0.1, -0.05) is 37.6 Å². The lowest BCUT2D eigenvalue weighted by Gasteiger charge is -2.21. The molecule has 32 heavy (non-hydrogen) atoms. The van der Waals surface area contributed by atoms with Gasteiger partial charge in [0.25, 0.3) is 5.91 Å². The first-order valence-corrected chi connectivity index (χ1v) is 11.8. The predicted octanol–water partition coefficient (Wildman–Crippen LogP) is 3.07. The Hall–Kier alpha value is -2.62. The maximum atomic E-state index is 12.7. The van der Waals surface area contributed by atoms with E-state index in [1.165, 1.54) is 31.4 Å². The number of halogens is 1. The summed E-state index contributed by atoms with van der Waals surface area (Å²) in [5.41, 5.74) is 0.835. The van der Waals surface area contributed by atoms with Crippen molar-refractivity contribution < 1.29 is 27.5 Å². The molecule has 174 valence electrons. The van der Waals surface area contributed by atoms with E-state index >= 15 is 0 Å². The van der Waals surface area contributed by atoms with Crippen LogP contribution in [0.4, 0.5) is 0 Å². The van der Waals surface area contributed by atoms with E-state index in [1.807, 2.05) is 0 Å². The number of methoxy groups -OCH3 is 1. The van der Waals surface area contributed by atoms with Gasteiger partial charge in [-0.05, 0) is 54.8 Å². The van der Waals surface area contributed by atoms with Crippen molar-refractivity contribution in [2.45, 2.75) is 37.8 Å². The summed E-state index contributed by atoms with van der Waals surface area (Å²) in [6, 6.07) is 11.2. The summed E-state index contributed by atoms with van der Waals surface area (Å²) in [7, 11) is -2.52. The first-order valence-electron chi connectivity index (χ1n) is 9.91. The zero-order valence-corrected chi connectivity index (χ0v) is 19.9. The van der Waals surface area contributed by atoms with E-state index in [4.69, 9.17) is 21.1 Å². The Labute approximate surface area is 193 Å². The summed E-state index contributed by atoms with van der Waals surface area (Å²) >= 11 is 5.86. The lowest BCUT2D eigenvalue weighted by atomic mass is 10.1. The van der Waals surface area contributed by atoms with Gasteiger partial charge < -0.3 is 14.8 Å². The molecule has 10 heteroatoms. The van der Waals surface area contributed by atoms with Crippen molar-refractivity contribution in [1.29, 1.82) is 0 Å². The molecule has 0 fully saturated rings. The van der Waals surface area contributed by atoms with E-state index in [0.717, 1.165) is 5.56 Å².